The summed E-state index contributed by atoms with van der Waals surface area (Å²) in [5.41, 5.74) is 1.76. The third-order valence-corrected chi connectivity index (χ3v) is 4.80. The molecular weight excluding hydrogens is 333 g/mol. The molecule has 1 N–H and O–H groups in total. The predicted molar refractivity (Wildman–Crippen MR) is 96.6 cm³/mol. The second-order valence-corrected chi connectivity index (χ2v) is 6.57. The number of halogens is 1. The van der Waals surface area contributed by atoms with Crippen molar-refractivity contribution in [2.45, 2.75) is 32.4 Å². The molecule has 0 radical (unpaired) electrons. The van der Waals surface area contributed by atoms with Gasteiger partial charge in [0.2, 0.25) is 0 Å². The molecule has 26 heavy (non-hydrogen) atoms. The quantitative estimate of drug-likeness (QED) is 0.789. The number of carbonyl (C=O) groups excluding carboxylic acids is 1. The molecule has 6 heteroatoms. The maximum absolute atomic E-state index is 13.0. The molecule has 0 fully saturated rings. The van der Waals surface area contributed by atoms with E-state index in [1.807, 2.05) is 6.92 Å². The Bertz CT molecular complexity index is 1060. The van der Waals surface area contributed by atoms with Crippen LogP contribution in [0.25, 0.3) is 10.9 Å². The number of rotatable bonds is 3. The molecule has 0 bridgehead atoms. The molecule has 4 rings (SSSR count). The van der Waals surface area contributed by atoms with Crippen LogP contribution in [0.5, 0.6) is 0 Å². The average molecular weight is 351 g/mol. The Morgan fingerprint density at radius 1 is 1.23 bits per heavy atom. The lowest BCUT2D eigenvalue weighted by Gasteiger charge is -2.14. The second-order valence-electron chi connectivity index (χ2n) is 6.57. The highest BCUT2D eigenvalue weighted by atomic mass is 19.1. The van der Waals surface area contributed by atoms with Gasteiger partial charge in [-0.05, 0) is 49.2 Å². The summed E-state index contributed by atoms with van der Waals surface area (Å²) >= 11 is 0. The van der Waals surface area contributed by atoms with Gasteiger partial charge in [0.15, 0.2) is 0 Å². The number of nitrogens with one attached hydrogen (secondary N) is 1. The van der Waals surface area contributed by atoms with Crippen LogP contribution < -0.4 is 10.9 Å². The number of amides is 1. The van der Waals surface area contributed by atoms with Crippen molar-refractivity contribution in [3.63, 3.8) is 0 Å². The number of nitrogens with zero attached hydrogens (tertiary/aromatic N) is 2. The highest BCUT2D eigenvalue weighted by Gasteiger charge is 2.18. The minimum Gasteiger partial charge on any atom is -0.346 e. The summed E-state index contributed by atoms with van der Waals surface area (Å²) in [7, 11) is 0. The molecule has 1 unspecified atom stereocenters. The summed E-state index contributed by atoms with van der Waals surface area (Å²) < 4.78 is 14.7. The maximum atomic E-state index is 13.0. The first-order valence-corrected chi connectivity index (χ1v) is 8.63. The van der Waals surface area contributed by atoms with Crippen LogP contribution in [0.15, 0.2) is 47.3 Å². The van der Waals surface area contributed by atoms with Gasteiger partial charge in [0.25, 0.3) is 11.5 Å². The van der Waals surface area contributed by atoms with Gasteiger partial charge in [-0.3, -0.25) is 14.2 Å². The third-order valence-electron chi connectivity index (χ3n) is 4.80. The van der Waals surface area contributed by atoms with Crippen LogP contribution in [0.1, 0.15) is 41.1 Å². The Balaban J connectivity index is 1.62. The largest absolute Gasteiger partial charge is 0.346 e. The van der Waals surface area contributed by atoms with E-state index >= 15 is 0 Å². The van der Waals surface area contributed by atoms with E-state index < -0.39 is 0 Å². The second kappa shape index (κ2) is 6.37. The van der Waals surface area contributed by atoms with Crippen molar-refractivity contribution in [3.05, 3.63) is 75.6 Å². The van der Waals surface area contributed by atoms with Crippen LogP contribution in [-0.4, -0.2) is 15.5 Å². The lowest BCUT2D eigenvalue weighted by atomic mass is 10.1. The Labute approximate surface area is 149 Å². The van der Waals surface area contributed by atoms with Crippen LogP contribution in [0, 0.1) is 5.82 Å². The highest BCUT2D eigenvalue weighted by Crippen LogP contribution is 2.18. The summed E-state index contributed by atoms with van der Waals surface area (Å²) in [6.07, 6.45) is 1.70. The number of benzene rings is 2. The van der Waals surface area contributed by atoms with Gasteiger partial charge in [-0.15, -0.1) is 0 Å². The highest BCUT2D eigenvalue weighted by molar-refractivity contribution is 5.97. The van der Waals surface area contributed by atoms with Crippen LogP contribution in [0.2, 0.25) is 0 Å². The van der Waals surface area contributed by atoms with E-state index in [0.29, 0.717) is 23.0 Å². The van der Waals surface area contributed by atoms with Crippen LogP contribution in [0.3, 0.4) is 0 Å². The van der Waals surface area contributed by atoms with Crippen molar-refractivity contribution in [2.24, 2.45) is 0 Å². The molecule has 2 aromatic carbocycles. The zero-order valence-electron chi connectivity index (χ0n) is 14.3. The Morgan fingerprint density at radius 2 is 2.00 bits per heavy atom. The van der Waals surface area contributed by atoms with Crippen molar-refractivity contribution in [3.8, 4) is 0 Å². The van der Waals surface area contributed by atoms with Crippen molar-refractivity contribution in [2.75, 3.05) is 0 Å². The summed E-state index contributed by atoms with van der Waals surface area (Å²) in [6.45, 7) is 2.54. The van der Waals surface area contributed by atoms with Crippen molar-refractivity contribution in [1.29, 1.82) is 0 Å². The van der Waals surface area contributed by atoms with E-state index in [4.69, 9.17) is 0 Å². The third kappa shape index (κ3) is 2.87. The van der Waals surface area contributed by atoms with E-state index in [9.17, 15) is 14.0 Å². The summed E-state index contributed by atoms with van der Waals surface area (Å²) in [6, 6.07) is 10.7. The fourth-order valence-electron chi connectivity index (χ4n) is 3.34. The lowest BCUT2D eigenvalue weighted by molar-refractivity contribution is 0.0940. The number of hydrogen-bond acceptors (Lipinski definition) is 3. The molecule has 1 aromatic heterocycles. The zero-order chi connectivity index (χ0) is 18.3. The van der Waals surface area contributed by atoms with E-state index in [1.54, 1.807) is 34.9 Å². The van der Waals surface area contributed by atoms with E-state index in [2.05, 4.69) is 10.3 Å². The van der Waals surface area contributed by atoms with E-state index in [0.717, 1.165) is 24.2 Å². The topological polar surface area (TPSA) is 64.0 Å². The number of aryl methyl sites for hydroxylation is 1. The van der Waals surface area contributed by atoms with E-state index in [1.165, 1.54) is 12.1 Å². The summed E-state index contributed by atoms with van der Waals surface area (Å²) in [5, 5.41) is 3.42. The first-order chi connectivity index (χ1) is 12.5. The van der Waals surface area contributed by atoms with E-state index in [-0.39, 0.29) is 23.3 Å². The Morgan fingerprint density at radius 3 is 2.77 bits per heavy atom. The molecule has 1 aliphatic rings. The molecule has 3 aromatic rings. The van der Waals surface area contributed by atoms with Crippen molar-refractivity contribution >= 4 is 16.8 Å². The number of fused-ring (bicyclic) bond motifs is 2. The molecule has 1 atom stereocenters. The minimum atomic E-state index is -0.313. The standard InChI is InChI=1S/C20H18FN3O2/c1-12(13-4-7-15(21)8-5-13)22-19(25)14-6-9-16-17(11-14)23-18-3-2-10-24(18)20(16)26/h4-9,11-12H,2-3,10H2,1H3,(H,22,25). The smallest absolute Gasteiger partial charge is 0.261 e. The monoisotopic (exact) mass is 351 g/mol. The van der Waals surface area contributed by atoms with Crippen LogP contribution >= 0.6 is 0 Å². The van der Waals surface area contributed by atoms with Gasteiger partial charge >= 0.3 is 0 Å². The van der Waals surface area contributed by atoms with Gasteiger partial charge in [-0.25, -0.2) is 9.37 Å². The van der Waals surface area contributed by atoms with Gasteiger partial charge in [0, 0.05) is 18.5 Å². The molecular formula is C20H18FN3O2. The van der Waals surface area contributed by atoms with Crippen molar-refractivity contribution < 1.29 is 9.18 Å². The Hall–Kier alpha value is -3.02. The molecule has 0 aliphatic carbocycles. The molecule has 5 nitrogen and oxygen atoms in total. The number of hydrogen-bond donors (Lipinski definition) is 1. The fourth-order valence-corrected chi connectivity index (χ4v) is 3.34. The first kappa shape index (κ1) is 16.4. The predicted octanol–water partition coefficient (Wildman–Crippen LogP) is 2.97. The van der Waals surface area contributed by atoms with Gasteiger partial charge in [-0.2, -0.15) is 0 Å². The fraction of sp³-hybridized carbons (Fsp3) is 0.250. The van der Waals surface area contributed by atoms with Gasteiger partial charge in [-0.1, -0.05) is 12.1 Å². The molecule has 1 amide bonds. The van der Waals surface area contributed by atoms with Gasteiger partial charge in [0.1, 0.15) is 11.6 Å². The molecule has 0 spiro atoms. The lowest BCUT2D eigenvalue weighted by Crippen LogP contribution is -2.27. The summed E-state index contributed by atoms with van der Waals surface area (Å²) in [5.74, 6) is 0.206. The molecule has 0 saturated carbocycles. The van der Waals surface area contributed by atoms with Gasteiger partial charge in [0.05, 0.1) is 16.9 Å². The molecule has 132 valence electrons. The number of carbonyl (C=O) groups is 1. The zero-order valence-corrected chi connectivity index (χ0v) is 14.3. The number of aromatic nitrogens is 2. The minimum absolute atomic E-state index is 0.0471. The molecule has 2 heterocycles. The SMILES string of the molecule is CC(NC(=O)c1ccc2c(=O)n3c(nc2c1)CCC3)c1ccc(F)cc1. The molecule has 1 aliphatic heterocycles. The Kier molecular flexibility index (Phi) is 4.03. The summed E-state index contributed by atoms with van der Waals surface area (Å²) in [4.78, 5) is 29.6. The van der Waals surface area contributed by atoms with Crippen LogP contribution in [0.4, 0.5) is 4.39 Å². The van der Waals surface area contributed by atoms with Crippen LogP contribution in [-0.2, 0) is 13.0 Å². The molecule has 0 saturated heterocycles. The van der Waals surface area contributed by atoms with Crippen molar-refractivity contribution in [1.82, 2.24) is 14.9 Å². The first-order valence-electron chi connectivity index (χ1n) is 8.63. The average Bonchev–Trinajstić information content (AvgIpc) is 3.10. The normalized spacial score (nSPS) is 14.2. The maximum Gasteiger partial charge on any atom is 0.261 e. The van der Waals surface area contributed by atoms with Gasteiger partial charge < -0.3 is 5.32 Å².